The zero-order valence-electron chi connectivity index (χ0n) is 15.2. The quantitative estimate of drug-likeness (QED) is 0.377. The summed E-state index contributed by atoms with van der Waals surface area (Å²) in [4.78, 5) is 22.2. The Balaban J connectivity index is 1.52. The molecule has 0 spiro atoms. The van der Waals surface area contributed by atoms with E-state index in [1.54, 1.807) is 18.2 Å². The van der Waals surface area contributed by atoms with Crippen LogP contribution < -0.4 is 10.7 Å². The maximum Gasteiger partial charge on any atom is 0.270 e. The number of non-ortho nitro benzene ring substituents is 1. The van der Waals surface area contributed by atoms with E-state index in [2.05, 4.69) is 31.8 Å². The predicted octanol–water partition coefficient (Wildman–Crippen LogP) is 3.99. The molecule has 1 saturated carbocycles. The van der Waals surface area contributed by atoms with Gasteiger partial charge in [-0.1, -0.05) is 19.3 Å². The van der Waals surface area contributed by atoms with Gasteiger partial charge in [-0.2, -0.15) is 5.10 Å². The van der Waals surface area contributed by atoms with Gasteiger partial charge >= 0.3 is 0 Å². The minimum absolute atomic E-state index is 0.00600. The van der Waals surface area contributed by atoms with Gasteiger partial charge in [-0.3, -0.25) is 14.9 Å². The second kappa shape index (κ2) is 9.61. The van der Waals surface area contributed by atoms with E-state index < -0.39 is 4.92 Å². The topological polar surface area (TPSA) is 110 Å². The summed E-state index contributed by atoms with van der Waals surface area (Å²) < 4.78 is 6.23. The second-order valence-corrected chi connectivity index (χ2v) is 7.49. The van der Waals surface area contributed by atoms with Crippen molar-refractivity contribution in [2.75, 3.05) is 6.54 Å². The fourth-order valence-corrected chi connectivity index (χ4v) is 3.70. The van der Waals surface area contributed by atoms with Gasteiger partial charge in [0, 0.05) is 28.2 Å². The molecule has 1 aromatic carbocycles. The minimum Gasteiger partial charge on any atom is -0.455 e. The number of carbonyl (C=O) groups is 1. The van der Waals surface area contributed by atoms with Gasteiger partial charge in [0.2, 0.25) is 0 Å². The minimum atomic E-state index is -0.458. The molecule has 9 heteroatoms. The number of hydrazone groups is 1. The average molecular weight is 449 g/mol. The normalized spacial score (nSPS) is 15.0. The number of nitro groups is 1. The number of rotatable bonds is 7. The number of nitro benzene ring substituents is 1. The van der Waals surface area contributed by atoms with Gasteiger partial charge in [0.1, 0.15) is 11.5 Å². The number of furan rings is 1. The summed E-state index contributed by atoms with van der Waals surface area (Å²) in [7, 11) is 0. The number of amides is 1. The third-order valence-corrected chi connectivity index (χ3v) is 5.25. The lowest BCUT2D eigenvalue weighted by atomic mass is 9.95. The molecule has 0 unspecified atom stereocenters. The zero-order valence-corrected chi connectivity index (χ0v) is 16.8. The molecule has 0 bridgehead atoms. The van der Waals surface area contributed by atoms with Crippen LogP contribution in [0.25, 0.3) is 11.3 Å². The van der Waals surface area contributed by atoms with Crippen molar-refractivity contribution < 1.29 is 14.1 Å². The Morgan fingerprint density at radius 3 is 2.79 bits per heavy atom. The molecule has 0 aliphatic heterocycles. The number of nitrogens with zero attached hydrogens (tertiary/aromatic N) is 2. The molecule has 8 nitrogen and oxygen atoms in total. The SMILES string of the molecule is O=C(CNC1CCCCC1)N/N=C\c1ccc(-c2ccc([N+](=O)[O-])cc2Br)o1. The third kappa shape index (κ3) is 5.49. The molecule has 28 heavy (non-hydrogen) atoms. The van der Waals surface area contributed by atoms with Crippen molar-refractivity contribution >= 4 is 33.7 Å². The molecular weight excluding hydrogens is 428 g/mol. The number of halogens is 1. The number of hydrogen-bond acceptors (Lipinski definition) is 6. The first-order valence-electron chi connectivity index (χ1n) is 9.12. The van der Waals surface area contributed by atoms with E-state index in [4.69, 9.17) is 4.42 Å². The number of benzene rings is 1. The van der Waals surface area contributed by atoms with E-state index in [9.17, 15) is 14.9 Å². The molecule has 0 atom stereocenters. The maximum absolute atomic E-state index is 11.9. The number of nitrogens with one attached hydrogen (secondary N) is 2. The molecule has 2 aromatic rings. The summed E-state index contributed by atoms with van der Waals surface area (Å²) in [5, 5.41) is 18.0. The van der Waals surface area contributed by atoms with Crippen LogP contribution in [0.5, 0.6) is 0 Å². The molecular formula is C19H21BrN4O4. The predicted molar refractivity (Wildman–Crippen MR) is 109 cm³/mol. The van der Waals surface area contributed by atoms with E-state index in [0.717, 1.165) is 12.8 Å². The van der Waals surface area contributed by atoms with Crippen molar-refractivity contribution in [2.45, 2.75) is 38.1 Å². The molecule has 1 amide bonds. The lowest BCUT2D eigenvalue weighted by Gasteiger charge is -2.22. The Hall–Kier alpha value is -2.52. The molecule has 0 saturated heterocycles. The Labute approximate surface area is 170 Å². The monoisotopic (exact) mass is 448 g/mol. The third-order valence-electron chi connectivity index (χ3n) is 4.59. The maximum atomic E-state index is 11.9. The molecule has 148 valence electrons. The highest BCUT2D eigenvalue weighted by Gasteiger charge is 2.14. The molecule has 0 radical (unpaired) electrons. The standard InChI is InChI=1S/C19H21BrN4O4/c20-17-10-14(24(26)27)6-8-16(17)18-9-7-15(28-18)11-22-23-19(25)12-21-13-4-2-1-3-5-13/h6-11,13,21H,1-5,12H2,(H,23,25)/b22-11-. The van der Waals surface area contributed by atoms with E-state index in [1.807, 2.05) is 0 Å². The van der Waals surface area contributed by atoms with E-state index in [1.165, 1.54) is 37.6 Å². The van der Waals surface area contributed by atoms with Crippen LogP contribution in [0.15, 0.2) is 44.3 Å². The van der Waals surface area contributed by atoms with Crippen molar-refractivity contribution in [1.82, 2.24) is 10.7 Å². The van der Waals surface area contributed by atoms with Crippen molar-refractivity contribution in [3.8, 4) is 11.3 Å². The molecule has 3 rings (SSSR count). The molecule has 1 aromatic heterocycles. The molecule has 1 aliphatic rings. The lowest BCUT2D eigenvalue weighted by molar-refractivity contribution is -0.384. The van der Waals surface area contributed by atoms with Gasteiger partial charge in [-0.15, -0.1) is 0 Å². The van der Waals surface area contributed by atoms with E-state index >= 15 is 0 Å². The van der Waals surface area contributed by atoms with Gasteiger partial charge < -0.3 is 9.73 Å². The van der Waals surface area contributed by atoms with Crippen molar-refractivity contribution in [1.29, 1.82) is 0 Å². The van der Waals surface area contributed by atoms with Gasteiger partial charge in [0.05, 0.1) is 17.7 Å². The Bertz CT molecular complexity index is 875. The van der Waals surface area contributed by atoms with Crippen LogP contribution in [0.3, 0.4) is 0 Å². The highest BCUT2D eigenvalue weighted by atomic mass is 79.9. The summed E-state index contributed by atoms with van der Waals surface area (Å²) >= 11 is 3.32. The number of carbonyl (C=O) groups excluding carboxylic acids is 1. The number of hydrogen-bond donors (Lipinski definition) is 2. The molecule has 2 N–H and O–H groups in total. The van der Waals surface area contributed by atoms with Crippen LogP contribution in [0, 0.1) is 10.1 Å². The highest BCUT2D eigenvalue weighted by Crippen LogP contribution is 2.32. The molecule has 1 heterocycles. The van der Waals surface area contributed by atoms with Crippen LogP contribution in [0.1, 0.15) is 37.9 Å². The van der Waals surface area contributed by atoms with Gasteiger partial charge in [0.25, 0.3) is 11.6 Å². The Morgan fingerprint density at radius 2 is 2.07 bits per heavy atom. The fourth-order valence-electron chi connectivity index (χ4n) is 3.14. The summed E-state index contributed by atoms with van der Waals surface area (Å²) in [6.45, 7) is 0.237. The highest BCUT2D eigenvalue weighted by molar-refractivity contribution is 9.10. The Morgan fingerprint density at radius 1 is 1.29 bits per heavy atom. The second-order valence-electron chi connectivity index (χ2n) is 6.63. The first-order chi connectivity index (χ1) is 13.5. The van der Waals surface area contributed by atoms with Crippen molar-refractivity contribution in [3.05, 3.63) is 50.7 Å². The summed E-state index contributed by atoms with van der Waals surface area (Å²) in [6, 6.07) is 8.30. The van der Waals surface area contributed by atoms with E-state index in [0.29, 0.717) is 27.6 Å². The van der Waals surface area contributed by atoms with Crippen LogP contribution in [-0.2, 0) is 4.79 Å². The largest absolute Gasteiger partial charge is 0.455 e. The van der Waals surface area contributed by atoms with Gasteiger partial charge in [-0.25, -0.2) is 5.43 Å². The average Bonchev–Trinajstić information content (AvgIpc) is 3.15. The first-order valence-corrected chi connectivity index (χ1v) is 9.91. The summed E-state index contributed by atoms with van der Waals surface area (Å²) in [6.07, 6.45) is 7.34. The first kappa shape index (κ1) is 20.2. The summed E-state index contributed by atoms with van der Waals surface area (Å²) in [5.41, 5.74) is 3.15. The lowest BCUT2D eigenvalue weighted by Crippen LogP contribution is -2.38. The van der Waals surface area contributed by atoms with Crippen molar-refractivity contribution in [3.63, 3.8) is 0 Å². The van der Waals surface area contributed by atoms with Crippen LogP contribution in [0.4, 0.5) is 5.69 Å². The smallest absolute Gasteiger partial charge is 0.270 e. The fraction of sp³-hybridized carbons (Fsp3) is 0.368. The van der Waals surface area contributed by atoms with Crippen molar-refractivity contribution in [2.24, 2.45) is 5.10 Å². The van der Waals surface area contributed by atoms with E-state index in [-0.39, 0.29) is 18.1 Å². The van der Waals surface area contributed by atoms with Crippen LogP contribution >= 0.6 is 15.9 Å². The van der Waals surface area contributed by atoms with Gasteiger partial charge in [0.15, 0.2) is 0 Å². The zero-order chi connectivity index (χ0) is 19.9. The molecule has 1 fully saturated rings. The van der Waals surface area contributed by atoms with Gasteiger partial charge in [-0.05, 0) is 47.0 Å². The summed E-state index contributed by atoms with van der Waals surface area (Å²) in [5.74, 6) is 0.793. The molecule has 1 aliphatic carbocycles. The van der Waals surface area contributed by atoms with Crippen LogP contribution in [0.2, 0.25) is 0 Å². The van der Waals surface area contributed by atoms with Crippen LogP contribution in [-0.4, -0.2) is 29.6 Å². The Kier molecular flexibility index (Phi) is 6.94.